The summed E-state index contributed by atoms with van der Waals surface area (Å²) >= 11 is 0. The molecule has 5 heteroatoms. The second-order valence-corrected chi connectivity index (χ2v) is 6.04. The minimum atomic E-state index is -0.0674. The number of piperidine rings is 1. The molecule has 0 aliphatic carbocycles. The number of aliphatic hydroxyl groups is 1. The molecule has 1 aliphatic rings. The Morgan fingerprint density at radius 2 is 2.09 bits per heavy atom. The molecule has 5 nitrogen and oxygen atoms in total. The predicted octanol–water partition coefficient (Wildman–Crippen LogP) is 2.10. The standard InChI is InChI=1S/C17H26N2O3/c1-13-8-14(2)10-16(9-13)22-7-5-18-17(21)19-6-3-4-15(11-19)12-20/h8-10,15,20H,3-7,11-12H2,1-2H3,(H,18,21). The van der Waals surface area contributed by atoms with Gasteiger partial charge in [-0.1, -0.05) is 6.07 Å². The zero-order chi connectivity index (χ0) is 15.9. The molecular weight excluding hydrogens is 280 g/mol. The summed E-state index contributed by atoms with van der Waals surface area (Å²) in [5.74, 6) is 1.05. The Morgan fingerprint density at radius 1 is 1.36 bits per heavy atom. The maximum absolute atomic E-state index is 12.1. The highest BCUT2D eigenvalue weighted by atomic mass is 16.5. The van der Waals surface area contributed by atoms with Crippen molar-refractivity contribution in [3.05, 3.63) is 29.3 Å². The number of rotatable bonds is 5. The van der Waals surface area contributed by atoms with E-state index in [-0.39, 0.29) is 18.6 Å². The zero-order valence-electron chi connectivity index (χ0n) is 13.5. The first-order chi connectivity index (χ1) is 10.6. The minimum absolute atomic E-state index is 0.0674. The molecule has 0 bridgehead atoms. The van der Waals surface area contributed by atoms with Gasteiger partial charge in [-0.2, -0.15) is 0 Å². The van der Waals surface area contributed by atoms with Crippen molar-refractivity contribution in [1.29, 1.82) is 0 Å². The van der Waals surface area contributed by atoms with Gasteiger partial charge in [0.1, 0.15) is 12.4 Å². The Morgan fingerprint density at radius 3 is 2.77 bits per heavy atom. The molecule has 0 saturated carbocycles. The number of benzene rings is 1. The van der Waals surface area contributed by atoms with Gasteiger partial charge in [0.15, 0.2) is 0 Å². The number of aryl methyl sites for hydroxylation is 2. The Kier molecular flexibility index (Phi) is 6.07. The number of urea groups is 1. The Bertz CT molecular complexity index is 484. The SMILES string of the molecule is Cc1cc(C)cc(OCCNC(=O)N2CCCC(CO)C2)c1. The van der Waals surface area contributed by atoms with Gasteiger partial charge in [0.05, 0.1) is 6.54 Å². The summed E-state index contributed by atoms with van der Waals surface area (Å²) in [6.45, 7) is 6.56. The van der Waals surface area contributed by atoms with Crippen LogP contribution in [0.15, 0.2) is 18.2 Å². The van der Waals surface area contributed by atoms with Crippen LogP contribution in [0.1, 0.15) is 24.0 Å². The maximum Gasteiger partial charge on any atom is 0.317 e. The van der Waals surface area contributed by atoms with Gasteiger partial charge >= 0.3 is 6.03 Å². The fourth-order valence-electron chi connectivity index (χ4n) is 2.85. The highest BCUT2D eigenvalue weighted by Crippen LogP contribution is 2.16. The number of ether oxygens (including phenoxy) is 1. The number of nitrogens with zero attached hydrogens (tertiary/aromatic N) is 1. The van der Waals surface area contributed by atoms with E-state index in [1.54, 1.807) is 4.90 Å². The predicted molar refractivity (Wildman–Crippen MR) is 86.2 cm³/mol. The summed E-state index contributed by atoms with van der Waals surface area (Å²) in [4.78, 5) is 13.8. The van der Waals surface area contributed by atoms with Crippen molar-refractivity contribution in [3.8, 4) is 5.75 Å². The van der Waals surface area contributed by atoms with Crippen molar-refractivity contribution in [1.82, 2.24) is 10.2 Å². The monoisotopic (exact) mass is 306 g/mol. The lowest BCUT2D eigenvalue weighted by atomic mass is 9.99. The molecule has 2 N–H and O–H groups in total. The van der Waals surface area contributed by atoms with E-state index >= 15 is 0 Å². The van der Waals surface area contributed by atoms with Crippen molar-refractivity contribution in [2.24, 2.45) is 5.92 Å². The van der Waals surface area contributed by atoms with Gasteiger partial charge in [0.25, 0.3) is 0 Å². The van der Waals surface area contributed by atoms with E-state index in [4.69, 9.17) is 4.74 Å². The molecule has 2 amide bonds. The Hall–Kier alpha value is -1.75. The molecule has 1 aromatic carbocycles. The molecule has 1 aromatic rings. The number of likely N-dealkylation sites (tertiary alicyclic amines) is 1. The van der Waals surface area contributed by atoms with Crippen LogP contribution in [0.2, 0.25) is 0 Å². The fraction of sp³-hybridized carbons (Fsp3) is 0.588. The second kappa shape index (κ2) is 8.03. The quantitative estimate of drug-likeness (QED) is 0.819. The van der Waals surface area contributed by atoms with Crippen LogP contribution in [0.25, 0.3) is 0 Å². The number of carbonyl (C=O) groups is 1. The first-order valence-electron chi connectivity index (χ1n) is 7.93. The van der Waals surface area contributed by atoms with Gasteiger partial charge in [-0.15, -0.1) is 0 Å². The van der Waals surface area contributed by atoms with Gasteiger partial charge in [-0.3, -0.25) is 0 Å². The number of nitrogens with one attached hydrogen (secondary N) is 1. The molecule has 0 aromatic heterocycles. The molecule has 1 fully saturated rings. The average Bonchev–Trinajstić information content (AvgIpc) is 2.50. The molecule has 1 saturated heterocycles. The Labute approximate surface area is 132 Å². The lowest BCUT2D eigenvalue weighted by Crippen LogP contribution is -2.47. The normalized spacial score (nSPS) is 18.1. The number of aliphatic hydroxyl groups excluding tert-OH is 1. The molecule has 1 unspecified atom stereocenters. The summed E-state index contributed by atoms with van der Waals surface area (Å²) in [7, 11) is 0. The minimum Gasteiger partial charge on any atom is -0.492 e. The van der Waals surface area contributed by atoms with Crippen molar-refractivity contribution in [3.63, 3.8) is 0 Å². The van der Waals surface area contributed by atoms with E-state index in [9.17, 15) is 9.90 Å². The van der Waals surface area contributed by atoms with Crippen molar-refractivity contribution < 1.29 is 14.6 Å². The zero-order valence-corrected chi connectivity index (χ0v) is 13.5. The molecule has 1 aliphatic heterocycles. The van der Waals surface area contributed by atoms with Crippen molar-refractivity contribution >= 4 is 6.03 Å². The fourth-order valence-corrected chi connectivity index (χ4v) is 2.85. The van der Waals surface area contributed by atoms with Crippen LogP contribution in [0.3, 0.4) is 0 Å². The maximum atomic E-state index is 12.1. The largest absolute Gasteiger partial charge is 0.492 e. The van der Waals surface area contributed by atoms with Crippen molar-refractivity contribution in [2.45, 2.75) is 26.7 Å². The van der Waals surface area contributed by atoms with Gasteiger partial charge in [-0.25, -0.2) is 4.79 Å². The van der Waals surface area contributed by atoms with Gasteiger partial charge in [-0.05, 0) is 55.9 Å². The molecule has 1 heterocycles. The summed E-state index contributed by atoms with van der Waals surface area (Å²) < 4.78 is 5.67. The van der Waals surface area contributed by atoms with E-state index in [0.29, 0.717) is 19.7 Å². The van der Waals surface area contributed by atoms with E-state index in [2.05, 4.69) is 11.4 Å². The summed E-state index contributed by atoms with van der Waals surface area (Å²) in [5, 5.41) is 12.1. The smallest absolute Gasteiger partial charge is 0.317 e. The summed E-state index contributed by atoms with van der Waals surface area (Å²) in [6.07, 6.45) is 1.95. The van der Waals surface area contributed by atoms with Gasteiger partial charge in [0.2, 0.25) is 0 Å². The van der Waals surface area contributed by atoms with E-state index in [1.165, 1.54) is 11.1 Å². The Balaban J connectivity index is 1.70. The number of hydrogen-bond acceptors (Lipinski definition) is 3. The molecular formula is C17H26N2O3. The van der Waals surface area contributed by atoms with Crippen molar-refractivity contribution in [2.75, 3.05) is 32.8 Å². The van der Waals surface area contributed by atoms with Crippen LogP contribution in [-0.2, 0) is 0 Å². The third kappa shape index (κ3) is 4.91. The average molecular weight is 306 g/mol. The molecule has 0 radical (unpaired) electrons. The van der Waals surface area contributed by atoms with Crippen LogP contribution >= 0.6 is 0 Å². The first-order valence-corrected chi connectivity index (χ1v) is 7.93. The van der Waals surface area contributed by atoms with Crippen LogP contribution in [0, 0.1) is 19.8 Å². The van der Waals surface area contributed by atoms with Gasteiger partial charge < -0.3 is 20.1 Å². The van der Waals surface area contributed by atoms with E-state index in [0.717, 1.165) is 25.1 Å². The van der Waals surface area contributed by atoms with Crippen LogP contribution in [-0.4, -0.2) is 48.9 Å². The summed E-state index contributed by atoms with van der Waals surface area (Å²) in [5.41, 5.74) is 2.34. The lowest BCUT2D eigenvalue weighted by Gasteiger charge is -2.31. The molecule has 122 valence electrons. The molecule has 1 atom stereocenters. The highest BCUT2D eigenvalue weighted by molar-refractivity contribution is 5.74. The third-order valence-corrected chi connectivity index (χ3v) is 3.91. The van der Waals surface area contributed by atoms with Crippen LogP contribution in [0.4, 0.5) is 4.79 Å². The van der Waals surface area contributed by atoms with E-state index < -0.39 is 0 Å². The number of carbonyl (C=O) groups excluding carboxylic acids is 1. The third-order valence-electron chi connectivity index (χ3n) is 3.91. The van der Waals surface area contributed by atoms with Crippen LogP contribution in [0.5, 0.6) is 5.75 Å². The second-order valence-electron chi connectivity index (χ2n) is 6.04. The molecule has 2 rings (SSSR count). The number of amides is 2. The molecule has 0 spiro atoms. The van der Waals surface area contributed by atoms with E-state index in [1.807, 2.05) is 26.0 Å². The molecule has 22 heavy (non-hydrogen) atoms. The topological polar surface area (TPSA) is 61.8 Å². The summed E-state index contributed by atoms with van der Waals surface area (Å²) in [6, 6.07) is 6.02. The van der Waals surface area contributed by atoms with Gasteiger partial charge in [0, 0.05) is 19.7 Å². The lowest BCUT2D eigenvalue weighted by molar-refractivity contribution is 0.129. The van der Waals surface area contributed by atoms with Crippen LogP contribution < -0.4 is 10.1 Å². The first kappa shape index (κ1) is 16.6. The number of hydrogen-bond donors (Lipinski definition) is 2. The highest BCUT2D eigenvalue weighted by Gasteiger charge is 2.22.